The SMILES string of the molecule is Cc1ccc(-c2nc(CCNC(=O)c3cc(F)cc(F)c3)cs2)cc1. The third-order valence-corrected chi connectivity index (χ3v) is 4.58. The molecule has 0 atom stereocenters. The number of rotatable bonds is 5. The number of aromatic nitrogens is 1. The number of hydrogen-bond acceptors (Lipinski definition) is 3. The lowest BCUT2D eigenvalue weighted by Crippen LogP contribution is -2.26. The summed E-state index contributed by atoms with van der Waals surface area (Å²) in [5.74, 6) is -2.05. The summed E-state index contributed by atoms with van der Waals surface area (Å²) in [4.78, 5) is 16.5. The lowest BCUT2D eigenvalue weighted by Gasteiger charge is -2.04. The Morgan fingerprint density at radius 2 is 1.80 bits per heavy atom. The zero-order valence-electron chi connectivity index (χ0n) is 13.6. The minimum atomic E-state index is -0.771. The van der Waals surface area contributed by atoms with Gasteiger partial charge in [0, 0.05) is 35.5 Å². The Morgan fingerprint density at radius 1 is 1.12 bits per heavy atom. The predicted molar refractivity (Wildman–Crippen MR) is 94.7 cm³/mol. The van der Waals surface area contributed by atoms with Crippen LogP contribution in [0.2, 0.25) is 0 Å². The van der Waals surface area contributed by atoms with Gasteiger partial charge in [-0.05, 0) is 19.1 Å². The van der Waals surface area contributed by atoms with E-state index < -0.39 is 17.5 Å². The number of amides is 1. The van der Waals surface area contributed by atoms with Crippen molar-refractivity contribution in [1.29, 1.82) is 0 Å². The molecule has 3 rings (SSSR count). The van der Waals surface area contributed by atoms with Gasteiger partial charge in [-0.3, -0.25) is 4.79 Å². The Morgan fingerprint density at radius 3 is 2.48 bits per heavy atom. The highest BCUT2D eigenvalue weighted by Gasteiger charge is 2.10. The van der Waals surface area contributed by atoms with E-state index in [4.69, 9.17) is 0 Å². The van der Waals surface area contributed by atoms with Crippen molar-refractivity contribution in [2.45, 2.75) is 13.3 Å². The van der Waals surface area contributed by atoms with Crippen LogP contribution < -0.4 is 5.32 Å². The summed E-state index contributed by atoms with van der Waals surface area (Å²) in [6.07, 6.45) is 0.548. The number of benzene rings is 2. The number of nitrogens with one attached hydrogen (secondary N) is 1. The Kier molecular flexibility index (Phi) is 5.19. The fraction of sp³-hybridized carbons (Fsp3) is 0.158. The lowest BCUT2D eigenvalue weighted by molar-refractivity contribution is 0.0953. The van der Waals surface area contributed by atoms with Gasteiger partial charge in [0.1, 0.15) is 16.6 Å². The quantitative estimate of drug-likeness (QED) is 0.736. The van der Waals surface area contributed by atoms with Crippen molar-refractivity contribution in [2.24, 2.45) is 0 Å². The van der Waals surface area contributed by atoms with E-state index in [1.807, 2.05) is 36.6 Å². The first-order valence-corrected chi connectivity index (χ1v) is 8.65. The highest BCUT2D eigenvalue weighted by atomic mass is 32.1. The Balaban J connectivity index is 1.57. The molecule has 0 spiro atoms. The van der Waals surface area contributed by atoms with Crippen molar-refractivity contribution in [2.75, 3.05) is 6.54 Å². The van der Waals surface area contributed by atoms with Crippen LogP contribution in [-0.2, 0) is 6.42 Å². The summed E-state index contributed by atoms with van der Waals surface area (Å²) >= 11 is 1.54. The maximum Gasteiger partial charge on any atom is 0.251 e. The molecule has 3 aromatic rings. The van der Waals surface area contributed by atoms with Gasteiger partial charge in [0.25, 0.3) is 5.91 Å². The van der Waals surface area contributed by atoms with Crippen molar-refractivity contribution >= 4 is 17.2 Å². The van der Waals surface area contributed by atoms with Gasteiger partial charge in [-0.2, -0.15) is 0 Å². The van der Waals surface area contributed by atoms with Crippen LogP contribution >= 0.6 is 11.3 Å². The second-order valence-electron chi connectivity index (χ2n) is 5.67. The number of aryl methyl sites for hydroxylation is 1. The van der Waals surface area contributed by atoms with Crippen LogP contribution in [0.1, 0.15) is 21.6 Å². The van der Waals surface area contributed by atoms with Gasteiger partial charge in [0.2, 0.25) is 0 Å². The molecule has 1 amide bonds. The highest BCUT2D eigenvalue weighted by molar-refractivity contribution is 7.13. The fourth-order valence-electron chi connectivity index (χ4n) is 2.34. The molecule has 0 bridgehead atoms. The standard InChI is InChI=1S/C19H16F2N2OS/c1-12-2-4-13(5-3-12)19-23-17(11-25-19)6-7-22-18(24)14-8-15(20)10-16(21)9-14/h2-5,8-11H,6-7H2,1H3,(H,22,24). The van der Waals surface area contributed by atoms with Gasteiger partial charge in [-0.1, -0.05) is 29.8 Å². The number of hydrogen-bond donors (Lipinski definition) is 1. The largest absolute Gasteiger partial charge is 0.352 e. The molecule has 25 heavy (non-hydrogen) atoms. The average molecular weight is 358 g/mol. The second kappa shape index (κ2) is 7.53. The topological polar surface area (TPSA) is 42.0 Å². The van der Waals surface area contributed by atoms with Crippen molar-refractivity contribution in [1.82, 2.24) is 10.3 Å². The molecule has 3 nitrogen and oxygen atoms in total. The van der Waals surface area contributed by atoms with E-state index in [0.717, 1.165) is 34.5 Å². The van der Waals surface area contributed by atoms with Gasteiger partial charge < -0.3 is 5.32 Å². The molecule has 0 aliphatic carbocycles. The summed E-state index contributed by atoms with van der Waals surface area (Å²) in [5, 5.41) is 5.52. The van der Waals surface area contributed by atoms with Crippen LogP contribution in [0, 0.1) is 18.6 Å². The van der Waals surface area contributed by atoms with Crippen LogP contribution in [0.4, 0.5) is 8.78 Å². The molecule has 0 aliphatic rings. The maximum atomic E-state index is 13.1. The number of nitrogens with zero attached hydrogens (tertiary/aromatic N) is 1. The van der Waals surface area contributed by atoms with Crippen molar-refractivity contribution in [3.63, 3.8) is 0 Å². The first kappa shape index (κ1) is 17.2. The van der Waals surface area contributed by atoms with Crippen LogP contribution in [0.15, 0.2) is 47.8 Å². The molecule has 1 N–H and O–H groups in total. The summed E-state index contributed by atoms with van der Waals surface area (Å²) in [6.45, 7) is 2.37. The van der Waals surface area contributed by atoms with E-state index in [0.29, 0.717) is 13.0 Å². The molecule has 0 saturated carbocycles. The third kappa shape index (κ3) is 4.48. The molecule has 0 fully saturated rings. The average Bonchev–Trinajstić information content (AvgIpc) is 3.03. The minimum absolute atomic E-state index is 0.0314. The summed E-state index contributed by atoms with van der Waals surface area (Å²) in [6, 6.07) is 10.9. The van der Waals surface area contributed by atoms with E-state index in [2.05, 4.69) is 10.3 Å². The second-order valence-corrected chi connectivity index (χ2v) is 6.53. The smallest absolute Gasteiger partial charge is 0.251 e. The molecular formula is C19H16F2N2OS. The zero-order valence-corrected chi connectivity index (χ0v) is 14.4. The molecular weight excluding hydrogens is 342 g/mol. The summed E-state index contributed by atoms with van der Waals surface area (Å²) in [7, 11) is 0. The molecule has 2 aromatic carbocycles. The number of carbonyl (C=O) groups is 1. The van der Waals surface area contributed by atoms with Crippen LogP contribution in [0.3, 0.4) is 0 Å². The molecule has 0 aliphatic heterocycles. The highest BCUT2D eigenvalue weighted by Crippen LogP contribution is 2.24. The Labute approximate surface area is 148 Å². The maximum absolute atomic E-state index is 13.1. The number of thiazole rings is 1. The number of carbonyl (C=O) groups excluding carboxylic acids is 1. The zero-order chi connectivity index (χ0) is 17.8. The molecule has 1 heterocycles. The minimum Gasteiger partial charge on any atom is -0.352 e. The Hall–Kier alpha value is -2.60. The van der Waals surface area contributed by atoms with Gasteiger partial charge >= 0.3 is 0 Å². The van der Waals surface area contributed by atoms with Gasteiger partial charge in [-0.25, -0.2) is 13.8 Å². The summed E-state index contributed by atoms with van der Waals surface area (Å²) < 4.78 is 26.3. The molecule has 1 aromatic heterocycles. The molecule has 6 heteroatoms. The van der Waals surface area contributed by atoms with Gasteiger partial charge in [0.05, 0.1) is 5.69 Å². The summed E-state index contributed by atoms with van der Waals surface area (Å²) in [5.41, 5.74) is 3.08. The predicted octanol–water partition coefficient (Wildman–Crippen LogP) is 4.37. The normalized spacial score (nSPS) is 10.7. The fourth-order valence-corrected chi connectivity index (χ4v) is 3.20. The monoisotopic (exact) mass is 358 g/mol. The van der Waals surface area contributed by atoms with E-state index in [-0.39, 0.29) is 5.56 Å². The van der Waals surface area contributed by atoms with Crippen molar-refractivity contribution < 1.29 is 13.6 Å². The van der Waals surface area contributed by atoms with Crippen LogP contribution in [0.25, 0.3) is 10.6 Å². The molecule has 128 valence electrons. The Bertz CT molecular complexity index is 870. The van der Waals surface area contributed by atoms with E-state index in [9.17, 15) is 13.6 Å². The first-order chi connectivity index (χ1) is 12.0. The van der Waals surface area contributed by atoms with E-state index >= 15 is 0 Å². The van der Waals surface area contributed by atoms with Crippen molar-refractivity contribution in [3.8, 4) is 10.6 Å². The number of halogens is 2. The third-order valence-electron chi connectivity index (χ3n) is 3.64. The van der Waals surface area contributed by atoms with E-state index in [1.54, 1.807) is 11.3 Å². The molecule has 0 radical (unpaired) electrons. The molecule has 0 saturated heterocycles. The van der Waals surface area contributed by atoms with Crippen molar-refractivity contribution in [3.05, 3.63) is 76.3 Å². The molecule has 0 unspecified atom stereocenters. The first-order valence-electron chi connectivity index (χ1n) is 7.77. The lowest BCUT2D eigenvalue weighted by atomic mass is 10.2. The van der Waals surface area contributed by atoms with Gasteiger partial charge in [0.15, 0.2) is 0 Å². The van der Waals surface area contributed by atoms with E-state index in [1.165, 1.54) is 5.56 Å². The van der Waals surface area contributed by atoms with Crippen LogP contribution in [0.5, 0.6) is 0 Å². The van der Waals surface area contributed by atoms with Crippen LogP contribution in [-0.4, -0.2) is 17.4 Å². The van der Waals surface area contributed by atoms with Gasteiger partial charge in [-0.15, -0.1) is 11.3 Å².